The van der Waals surface area contributed by atoms with Gasteiger partial charge in [-0.3, -0.25) is 9.69 Å². The van der Waals surface area contributed by atoms with E-state index in [2.05, 4.69) is 4.90 Å². The van der Waals surface area contributed by atoms with Crippen molar-refractivity contribution in [1.82, 2.24) is 9.80 Å². The molecule has 2 aliphatic rings. The molecule has 0 radical (unpaired) electrons. The number of likely N-dealkylation sites (tertiary alicyclic amines) is 1. The summed E-state index contributed by atoms with van der Waals surface area (Å²) in [5.74, 6) is 0.202. The molecule has 2 fully saturated rings. The standard InChI is InChI=1S/C11H21N3O2/c1-9-10(12)8-11(15)14(9)3-2-13-4-6-16-7-5-13/h9-10H,2-8,12H2,1H3. The lowest BCUT2D eigenvalue weighted by atomic mass is 10.2. The maximum atomic E-state index is 11.7. The number of carbonyl (C=O) groups excluding carboxylic acids is 1. The number of carbonyl (C=O) groups is 1. The van der Waals surface area contributed by atoms with Crippen molar-refractivity contribution in [3.63, 3.8) is 0 Å². The molecular formula is C11H21N3O2. The molecule has 0 aromatic carbocycles. The Kier molecular flexibility index (Phi) is 3.78. The number of amides is 1. The maximum Gasteiger partial charge on any atom is 0.224 e. The van der Waals surface area contributed by atoms with Crippen LogP contribution < -0.4 is 5.73 Å². The van der Waals surface area contributed by atoms with Gasteiger partial charge < -0.3 is 15.4 Å². The van der Waals surface area contributed by atoms with Gasteiger partial charge in [-0.05, 0) is 6.92 Å². The van der Waals surface area contributed by atoms with Crippen molar-refractivity contribution in [1.29, 1.82) is 0 Å². The summed E-state index contributed by atoms with van der Waals surface area (Å²) in [6.45, 7) is 7.34. The van der Waals surface area contributed by atoms with Crippen molar-refractivity contribution < 1.29 is 9.53 Å². The summed E-state index contributed by atoms with van der Waals surface area (Å²) >= 11 is 0. The molecule has 2 rings (SSSR count). The highest BCUT2D eigenvalue weighted by molar-refractivity contribution is 5.79. The summed E-state index contributed by atoms with van der Waals surface area (Å²) in [5.41, 5.74) is 5.87. The summed E-state index contributed by atoms with van der Waals surface area (Å²) in [6.07, 6.45) is 0.504. The first-order valence-electron chi connectivity index (χ1n) is 6.03. The largest absolute Gasteiger partial charge is 0.379 e. The summed E-state index contributed by atoms with van der Waals surface area (Å²) < 4.78 is 5.29. The second-order valence-electron chi connectivity index (χ2n) is 4.65. The Morgan fingerprint density at radius 1 is 1.38 bits per heavy atom. The van der Waals surface area contributed by atoms with E-state index < -0.39 is 0 Å². The van der Waals surface area contributed by atoms with Gasteiger partial charge in [0, 0.05) is 44.7 Å². The minimum absolute atomic E-state index is 0.0113. The number of ether oxygens (including phenoxy) is 1. The highest BCUT2D eigenvalue weighted by Crippen LogP contribution is 2.16. The topological polar surface area (TPSA) is 58.8 Å². The molecule has 0 aliphatic carbocycles. The van der Waals surface area contributed by atoms with Crippen LogP contribution in [-0.4, -0.2) is 67.2 Å². The maximum absolute atomic E-state index is 11.7. The summed E-state index contributed by atoms with van der Waals surface area (Å²) in [6, 6.07) is 0.200. The molecule has 0 saturated carbocycles. The van der Waals surface area contributed by atoms with Crippen LogP contribution in [0, 0.1) is 0 Å². The first-order chi connectivity index (χ1) is 7.68. The second-order valence-corrected chi connectivity index (χ2v) is 4.65. The molecule has 0 aromatic heterocycles. The van der Waals surface area contributed by atoms with Crippen molar-refractivity contribution in [2.24, 2.45) is 5.73 Å². The molecule has 92 valence electrons. The fraction of sp³-hybridized carbons (Fsp3) is 0.909. The van der Waals surface area contributed by atoms with Gasteiger partial charge in [-0.2, -0.15) is 0 Å². The SMILES string of the molecule is CC1C(N)CC(=O)N1CCN1CCOCC1. The third-order valence-corrected chi connectivity index (χ3v) is 3.60. The quantitative estimate of drug-likeness (QED) is 0.690. The third-order valence-electron chi connectivity index (χ3n) is 3.60. The molecule has 0 spiro atoms. The van der Waals surface area contributed by atoms with E-state index in [9.17, 15) is 4.79 Å². The van der Waals surface area contributed by atoms with Crippen molar-refractivity contribution >= 4 is 5.91 Å². The second kappa shape index (κ2) is 5.12. The van der Waals surface area contributed by atoms with Gasteiger partial charge in [0.25, 0.3) is 0 Å². The first-order valence-corrected chi connectivity index (χ1v) is 6.03. The zero-order chi connectivity index (χ0) is 11.5. The van der Waals surface area contributed by atoms with E-state index in [4.69, 9.17) is 10.5 Å². The molecule has 0 aromatic rings. The van der Waals surface area contributed by atoms with Crippen LogP contribution in [0.1, 0.15) is 13.3 Å². The Balaban J connectivity index is 1.78. The number of hydrogen-bond acceptors (Lipinski definition) is 4. The number of hydrogen-bond donors (Lipinski definition) is 1. The highest BCUT2D eigenvalue weighted by Gasteiger charge is 2.34. The Bertz CT molecular complexity index is 254. The monoisotopic (exact) mass is 227 g/mol. The van der Waals surface area contributed by atoms with Gasteiger partial charge in [-0.15, -0.1) is 0 Å². The lowest BCUT2D eigenvalue weighted by Gasteiger charge is -2.30. The summed E-state index contributed by atoms with van der Waals surface area (Å²) in [5, 5.41) is 0. The van der Waals surface area contributed by atoms with E-state index in [1.54, 1.807) is 0 Å². The molecule has 2 N–H and O–H groups in total. The number of nitrogens with two attached hydrogens (primary N) is 1. The zero-order valence-electron chi connectivity index (χ0n) is 9.89. The average molecular weight is 227 g/mol. The lowest BCUT2D eigenvalue weighted by Crippen LogP contribution is -2.45. The first kappa shape index (κ1) is 11.8. The van der Waals surface area contributed by atoms with Gasteiger partial charge in [0.05, 0.1) is 13.2 Å². The fourth-order valence-corrected chi connectivity index (χ4v) is 2.35. The van der Waals surface area contributed by atoms with Crippen molar-refractivity contribution in [2.45, 2.75) is 25.4 Å². The third kappa shape index (κ3) is 2.53. The van der Waals surface area contributed by atoms with Crippen LogP contribution in [0.2, 0.25) is 0 Å². The average Bonchev–Trinajstić information content (AvgIpc) is 2.53. The van der Waals surface area contributed by atoms with Gasteiger partial charge in [0.1, 0.15) is 0 Å². The van der Waals surface area contributed by atoms with Crippen molar-refractivity contribution in [2.75, 3.05) is 39.4 Å². The van der Waals surface area contributed by atoms with Crippen LogP contribution in [0.5, 0.6) is 0 Å². The minimum Gasteiger partial charge on any atom is -0.379 e. The molecular weight excluding hydrogens is 206 g/mol. The molecule has 16 heavy (non-hydrogen) atoms. The van der Waals surface area contributed by atoms with E-state index >= 15 is 0 Å². The van der Waals surface area contributed by atoms with Crippen molar-refractivity contribution in [3.05, 3.63) is 0 Å². The number of rotatable bonds is 3. The summed E-state index contributed by atoms with van der Waals surface area (Å²) in [4.78, 5) is 15.9. The molecule has 2 atom stereocenters. The van der Waals surface area contributed by atoms with E-state index in [-0.39, 0.29) is 18.0 Å². The minimum atomic E-state index is 0.0113. The highest BCUT2D eigenvalue weighted by atomic mass is 16.5. The lowest BCUT2D eigenvalue weighted by molar-refractivity contribution is -0.129. The Hall–Kier alpha value is -0.650. The molecule has 5 nitrogen and oxygen atoms in total. The predicted octanol–water partition coefficient (Wildman–Crippen LogP) is -0.733. The molecule has 1 amide bonds. The normalized spacial score (nSPS) is 32.4. The molecule has 5 heteroatoms. The van der Waals surface area contributed by atoms with Crippen molar-refractivity contribution in [3.8, 4) is 0 Å². The Labute approximate surface area is 96.5 Å². The van der Waals surface area contributed by atoms with E-state index in [1.165, 1.54) is 0 Å². The molecule has 2 heterocycles. The molecule has 0 bridgehead atoms. The number of nitrogens with zero attached hydrogens (tertiary/aromatic N) is 2. The zero-order valence-corrected chi connectivity index (χ0v) is 9.89. The Morgan fingerprint density at radius 2 is 2.06 bits per heavy atom. The van der Waals surface area contributed by atoms with Crippen LogP contribution in [0.4, 0.5) is 0 Å². The summed E-state index contributed by atoms with van der Waals surface area (Å²) in [7, 11) is 0. The molecule has 2 unspecified atom stereocenters. The van der Waals surface area contributed by atoms with E-state index in [1.807, 2.05) is 11.8 Å². The van der Waals surface area contributed by atoms with Gasteiger partial charge >= 0.3 is 0 Å². The smallest absolute Gasteiger partial charge is 0.224 e. The molecule has 2 saturated heterocycles. The van der Waals surface area contributed by atoms with Crippen LogP contribution in [0.3, 0.4) is 0 Å². The van der Waals surface area contributed by atoms with Crippen LogP contribution in [0.25, 0.3) is 0 Å². The van der Waals surface area contributed by atoms with Crippen LogP contribution in [0.15, 0.2) is 0 Å². The number of morpholine rings is 1. The fourth-order valence-electron chi connectivity index (χ4n) is 2.35. The molecule has 2 aliphatic heterocycles. The predicted molar refractivity (Wildman–Crippen MR) is 61.0 cm³/mol. The van der Waals surface area contributed by atoms with E-state index in [0.29, 0.717) is 6.42 Å². The van der Waals surface area contributed by atoms with Gasteiger partial charge in [-0.1, -0.05) is 0 Å². The van der Waals surface area contributed by atoms with Crippen LogP contribution >= 0.6 is 0 Å². The van der Waals surface area contributed by atoms with Gasteiger partial charge in [0.15, 0.2) is 0 Å². The Morgan fingerprint density at radius 3 is 2.62 bits per heavy atom. The van der Waals surface area contributed by atoms with Crippen LogP contribution in [-0.2, 0) is 9.53 Å². The van der Waals surface area contributed by atoms with Gasteiger partial charge in [0.2, 0.25) is 5.91 Å². The van der Waals surface area contributed by atoms with E-state index in [0.717, 1.165) is 39.4 Å². The van der Waals surface area contributed by atoms with Gasteiger partial charge in [-0.25, -0.2) is 0 Å².